The molecule has 0 amide bonds. The molecule has 0 spiro atoms. The smallest absolute Gasteiger partial charge is 0.130 e. The first kappa shape index (κ1) is 35.8. The van der Waals surface area contributed by atoms with Crippen LogP contribution in [0.4, 0.5) is 28.4 Å². The normalized spacial score (nSPS) is 17.9. The zero-order chi connectivity index (χ0) is 41.0. The lowest BCUT2D eigenvalue weighted by Crippen LogP contribution is -2.31. The highest BCUT2D eigenvalue weighted by molar-refractivity contribution is 5.98. The lowest BCUT2D eigenvalue weighted by atomic mass is 9.82. The van der Waals surface area contributed by atoms with E-state index in [2.05, 4.69) is 232 Å². The molecule has 0 saturated carbocycles. The third-order valence-electron chi connectivity index (χ3n) is 13.9. The summed E-state index contributed by atoms with van der Waals surface area (Å²) in [6.45, 7) is 9.40. The van der Waals surface area contributed by atoms with Crippen LogP contribution < -0.4 is 14.5 Å². The molecule has 2 atom stereocenters. The van der Waals surface area contributed by atoms with Crippen LogP contribution >= 0.6 is 0 Å². The van der Waals surface area contributed by atoms with Crippen molar-refractivity contribution < 1.29 is 4.74 Å². The van der Waals surface area contributed by atoms with Gasteiger partial charge in [0.25, 0.3) is 0 Å². The van der Waals surface area contributed by atoms with Crippen LogP contribution in [-0.4, -0.2) is 6.10 Å². The molecule has 0 fully saturated rings. The number of benzene rings is 8. The summed E-state index contributed by atoms with van der Waals surface area (Å²) in [5.41, 5.74) is 18.5. The van der Waals surface area contributed by atoms with Crippen molar-refractivity contribution in [3.8, 4) is 28.0 Å². The predicted octanol–water partition coefficient (Wildman–Crippen LogP) is 15.1. The Morgan fingerprint density at radius 3 is 1.61 bits per heavy atom. The van der Waals surface area contributed by atoms with E-state index < -0.39 is 0 Å². The minimum atomic E-state index is -0.195. The molecule has 2 unspecified atom stereocenters. The predicted molar refractivity (Wildman–Crippen MR) is 253 cm³/mol. The van der Waals surface area contributed by atoms with Gasteiger partial charge < -0.3 is 14.5 Å². The molecule has 3 heteroatoms. The maximum atomic E-state index is 7.24. The highest BCUT2D eigenvalue weighted by Crippen LogP contribution is 2.53. The van der Waals surface area contributed by atoms with E-state index in [1.807, 2.05) is 0 Å². The van der Waals surface area contributed by atoms with Crippen molar-refractivity contribution in [1.29, 1.82) is 0 Å². The van der Waals surface area contributed by atoms with Gasteiger partial charge in [0, 0.05) is 56.6 Å². The van der Waals surface area contributed by atoms with Crippen molar-refractivity contribution in [2.75, 3.05) is 9.80 Å². The van der Waals surface area contributed by atoms with Gasteiger partial charge >= 0.3 is 0 Å². The average Bonchev–Trinajstić information content (AvgIpc) is 3.66. The quantitative estimate of drug-likeness (QED) is 0.167. The first-order valence-electron chi connectivity index (χ1n) is 21.6. The Kier molecular flexibility index (Phi) is 7.75. The molecule has 61 heavy (non-hydrogen) atoms. The second-order valence-electron chi connectivity index (χ2n) is 18.1. The molecule has 0 bridgehead atoms. The molecular weight excluding hydrogens is 741 g/mol. The standard InChI is InChI=1S/C58H46N2O/c1-57(2)50-24-13-11-21-44(50)46-29-26-40(33-52(46)57)59(38-17-7-5-8-18-38)42-28-31-48-49-23-15-16-37-32-43(36-55(56(37)49)61-54(48)35-42)60(39-19-9-6-10-20-39)41-27-30-47-45-22-12-14-25-51(45)58(3,4)53(47)34-41/h5-36,48,54H,1-4H3. The maximum absolute atomic E-state index is 7.24. The van der Waals surface area contributed by atoms with Gasteiger partial charge in [0.15, 0.2) is 0 Å². The Morgan fingerprint density at radius 1 is 0.443 bits per heavy atom. The molecule has 12 rings (SSSR count). The highest BCUT2D eigenvalue weighted by Gasteiger charge is 2.38. The van der Waals surface area contributed by atoms with E-state index in [0.29, 0.717) is 0 Å². The van der Waals surface area contributed by atoms with E-state index in [1.165, 1.54) is 60.8 Å². The molecule has 0 N–H and O–H groups in total. The summed E-state index contributed by atoms with van der Waals surface area (Å²) < 4.78 is 7.24. The molecule has 4 aliphatic rings. The number of fused-ring (bicyclic) bond motifs is 8. The molecule has 3 aliphatic carbocycles. The van der Waals surface area contributed by atoms with Crippen molar-refractivity contribution in [2.45, 2.75) is 50.5 Å². The lowest BCUT2D eigenvalue weighted by Gasteiger charge is -2.37. The molecule has 0 aromatic heterocycles. The van der Waals surface area contributed by atoms with E-state index in [-0.39, 0.29) is 22.9 Å². The van der Waals surface area contributed by atoms with Crippen LogP contribution in [0.3, 0.4) is 0 Å². The van der Waals surface area contributed by atoms with E-state index in [9.17, 15) is 0 Å². The third-order valence-corrected chi connectivity index (χ3v) is 13.9. The third kappa shape index (κ3) is 5.36. The highest BCUT2D eigenvalue weighted by atomic mass is 16.5. The van der Waals surface area contributed by atoms with Crippen LogP contribution in [0.15, 0.2) is 200 Å². The van der Waals surface area contributed by atoms with Crippen LogP contribution in [0.5, 0.6) is 5.75 Å². The molecule has 8 aromatic carbocycles. The summed E-state index contributed by atoms with van der Waals surface area (Å²) in [5, 5.41) is 2.36. The topological polar surface area (TPSA) is 15.7 Å². The largest absolute Gasteiger partial charge is 0.485 e. The number of ether oxygens (including phenoxy) is 1. The Hall–Kier alpha value is -7.10. The molecule has 0 saturated heterocycles. The molecule has 294 valence electrons. The van der Waals surface area contributed by atoms with E-state index in [0.717, 1.165) is 39.9 Å². The summed E-state index contributed by atoms with van der Waals surface area (Å²) in [4.78, 5) is 4.79. The minimum Gasteiger partial charge on any atom is -0.485 e. The second kappa shape index (κ2) is 13.2. The molecule has 8 aromatic rings. The van der Waals surface area contributed by atoms with Gasteiger partial charge in [-0.1, -0.05) is 149 Å². The zero-order valence-corrected chi connectivity index (χ0v) is 34.9. The van der Waals surface area contributed by atoms with Gasteiger partial charge in [0.2, 0.25) is 0 Å². The van der Waals surface area contributed by atoms with E-state index >= 15 is 0 Å². The number of anilines is 5. The Morgan fingerprint density at radius 2 is 0.984 bits per heavy atom. The number of nitrogens with zero attached hydrogens (tertiary/aromatic N) is 2. The molecular formula is C58H46N2O. The van der Waals surface area contributed by atoms with Gasteiger partial charge in [-0.2, -0.15) is 0 Å². The Balaban J connectivity index is 0.962. The van der Waals surface area contributed by atoms with Crippen LogP contribution in [0.25, 0.3) is 33.0 Å². The Bertz CT molecular complexity index is 3140. The van der Waals surface area contributed by atoms with Crippen molar-refractivity contribution >= 4 is 39.2 Å². The number of rotatable bonds is 6. The summed E-state index contributed by atoms with van der Waals surface area (Å²) >= 11 is 0. The molecule has 1 heterocycles. The number of allylic oxidation sites excluding steroid dienone is 1. The van der Waals surface area contributed by atoms with Crippen molar-refractivity contribution in [1.82, 2.24) is 0 Å². The SMILES string of the molecule is CC1(C)c2ccccc2-c2ccc(N(C3=CC4Oc5cc(N(c6ccccc6)c6ccc7c(c6)C(C)(C)c6ccccc6-7)cc6cccc(c56)C4C=C3)c3ccccc3)cc21. The molecule has 3 nitrogen and oxygen atoms in total. The monoisotopic (exact) mass is 786 g/mol. The van der Waals surface area contributed by atoms with Gasteiger partial charge in [-0.3, -0.25) is 0 Å². The van der Waals surface area contributed by atoms with Crippen LogP contribution in [-0.2, 0) is 10.8 Å². The van der Waals surface area contributed by atoms with Crippen molar-refractivity contribution in [2.24, 2.45) is 0 Å². The number of para-hydroxylation sites is 2. The summed E-state index contributed by atoms with van der Waals surface area (Å²) in [7, 11) is 0. The summed E-state index contributed by atoms with van der Waals surface area (Å²) in [6, 6.07) is 64.6. The fourth-order valence-corrected chi connectivity index (χ4v) is 10.9. The van der Waals surface area contributed by atoms with E-state index in [4.69, 9.17) is 4.74 Å². The fraction of sp³-hybridized carbons (Fsp3) is 0.138. The van der Waals surface area contributed by atoms with Gasteiger partial charge in [-0.25, -0.2) is 0 Å². The maximum Gasteiger partial charge on any atom is 0.130 e. The molecule has 0 radical (unpaired) electrons. The molecule has 1 aliphatic heterocycles. The van der Waals surface area contributed by atoms with Gasteiger partial charge in [-0.05, 0) is 122 Å². The second-order valence-corrected chi connectivity index (χ2v) is 18.1. The lowest BCUT2D eigenvalue weighted by molar-refractivity contribution is 0.226. The fourth-order valence-electron chi connectivity index (χ4n) is 10.9. The summed E-state index contributed by atoms with van der Waals surface area (Å²) in [6.07, 6.45) is 6.80. The zero-order valence-electron chi connectivity index (χ0n) is 34.9. The summed E-state index contributed by atoms with van der Waals surface area (Å²) in [5.74, 6) is 0.996. The minimum absolute atomic E-state index is 0.0858. The average molecular weight is 787 g/mol. The number of hydrogen-bond donors (Lipinski definition) is 0. The first-order chi connectivity index (χ1) is 29.8. The van der Waals surface area contributed by atoms with Gasteiger partial charge in [0.1, 0.15) is 11.9 Å². The van der Waals surface area contributed by atoms with Crippen LogP contribution in [0.1, 0.15) is 61.4 Å². The van der Waals surface area contributed by atoms with Crippen molar-refractivity contribution in [3.63, 3.8) is 0 Å². The van der Waals surface area contributed by atoms with Crippen LogP contribution in [0, 0.1) is 0 Å². The van der Waals surface area contributed by atoms with Crippen molar-refractivity contribution in [3.05, 3.63) is 228 Å². The van der Waals surface area contributed by atoms with E-state index in [1.54, 1.807) is 0 Å². The van der Waals surface area contributed by atoms with Crippen LogP contribution in [0.2, 0.25) is 0 Å². The van der Waals surface area contributed by atoms with Gasteiger partial charge in [0.05, 0.1) is 5.69 Å². The van der Waals surface area contributed by atoms with Gasteiger partial charge in [-0.15, -0.1) is 0 Å². The Labute approximate surface area is 358 Å². The first-order valence-corrected chi connectivity index (χ1v) is 21.6. The number of hydrogen-bond acceptors (Lipinski definition) is 3.